The van der Waals surface area contributed by atoms with Crippen LogP contribution in [0.2, 0.25) is 0 Å². The van der Waals surface area contributed by atoms with E-state index in [0.29, 0.717) is 0 Å². The topological polar surface area (TPSA) is 80.3 Å². The van der Waals surface area contributed by atoms with Gasteiger partial charge in [0, 0.05) is 0 Å². The van der Waals surface area contributed by atoms with Crippen LogP contribution in [0.15, 0.2) is 0 Å². The molecule has 8 heteroatoms. The Morgan fingerprint density at radius 1 is 0.875 bits per heavy atom. The summed E-state index contributed by atoms with van der Waals surface area (Å²) in [6, 6.07) is 0. The fourth-order valence-electron chi connectivity index (χ4n) is 0. The summed E-state index contributed by atoms with van der Waals surface area (Å²) in [7, 11) is -1.00. The van der Waals surface area contributed by atoms with Gasteiger partial charge in [-0.05, 0) is 0 Å². The molecule has 0 aromatic rings. The third-order valence-electron chi connectivity index (χ3n) is 0. The summed E-state index contributed by atoms with van der Waals surface area (Å²) in [5, 5.41) is 16.5. The van der Waals surface area contributed by atoms with E-state index in [-0.39, 0.29) is 59.1 Å². The molecular weight excluding hydrogens is 132 g/mol. The standard InChI is InChI=1S/2BO2.2Na/c2*2-1-3;;/q2*-1;2*+1. The summed E-state index contributed by atoms with van der Waals surface area (Å²) in [6.07, 6.45) is 0. The molecule has 0 heterocycles. The third-order valence-corrected chi connectivity index (χ3v) is 0. The first-order valence-electron chi connectivity index (χ1n) is 0.943. The van der Waals surface area contributed by atoms with Gasteiger partial charge in [0.25, 0.3) is 0 Å². The zero-order valence-electron chi connectivity index (χ0n) is 4.79. The predicted octanol–water partition coefficient (Wildman–Crippen LogP) is -9.37. The molecule has 0 saturated heterocycles. The van der Waals surface area contributed by atoms with Crippen LogP contribution >= 0.6 is 0 Å². The van der Waals surface area contributed by atoms with Gasteiger partial charge in [-0.25, -0.2) is 0 Å². The number of hydrogen-bond acceptors (Lipinski definition) is 4. The zero-order chi connectivity index (χ0) is 5.41. The number of rotatable bonds is 0. The molecule has 0 unspecified atom stereocenters. The van der Waals surface area contributed by atoms with Gasteiger partial charge in [0.05, 0.1) is 0 Å². The van der Waals surface area contributed by atoms with Crippen molar-refractivity contribution >= 4 is 14.7 Å². The van der Waals surface area contributed by atoms with Gasteiger partial charge in [0.2, 0.25) is 0 Å². The molecule has 0 aromatic heterocycles. The van der Waals surface area contributed by atoms with Crippen molar-refractivity contribution in [1.29, 1.82) is 0 Å². The Morgan fingerprint density at radius 2 is 0.875 bits per heavy atom. The molecule has 0 saturated carbocycles. The van der Waals surface area contributed by atoms with Crippen LogP contribution in [0.5, 0.6) is 0 Å². The van der Waals surface area contributed by atoms with Gasteiger partial charge in [-0.1, -0.05) is 0 Å². The van der Waals surface area contributed by atoms with Crippen molar-refractivity contribution in [2.24, 2.45) is 0 Å². The van der Waals surface area contributed by atoms with E-state index in [4.69, 9.17) is 19.5 Å². The molecule has 0 radical (unpaired) electrons. The Labute approximate surface area is 92.2 Å². The predicted molar refractivity (Wildman–Crippen MR) is 12.9 cm³/mol. The average Bonchev–Trinajstić information content (AvgIpc) is 1.39. The van der Waals surface area contributed by atoms with E-state index < -0.39 is 14.7 Å². The van der Waals surface area contributed by atoms with Crippen molar-refractivity contribution in [3.8, 4) is 0 Å². The molecule has 0 aliphatic carbocycles. The van der Waals surface area contributed by atoms with Gasteiger partial charge in [-0.15, -0.1) is 0 Å². The maximum atomic E-state index is 8.25. The molecule has 0 spiro atoms. The van der Waals surface area contributed by atoms with Gasteiger partial charge in [-0.3, -0.25) is 0 Å². The van der Waals surface area contributed by atoms with E-state index >= 15 is 0 Å². The fourth-order valence-corrected chi connectivity index (χ4v) is 0. The van der Waals surface area contributed by atoms with Crippen molar-refractivity contribution in [3.63, 3.8) is 0 Å². The van der Waals surface area contributed by atoms with E-state index in [1.165, 1.54) is 0 Å². The minimum Gasteiger partial charge on any atom is 1.00 e. The van der Waals surface area contributed by atoms with Crippen LogP contribution in [0.1, 0.15) is 0 Å². The molecule has 0 rings (SSSR count). The molecule has 8 heavy (non-hydrogen) atoms. The van der Waals surface area contributed by atoms with Gasteiger partial charge >= 0.3 is 93.3 Å². The second kappa shape index (κ2) is 40.4. The van der Waals surface area contributed by atoms with Crippen molar-refractivity contribution in [1.82, 2.24) is 0 Å². The van der Waals surface area contributed by atoms with Crippen molar-refractivity contribution in [2.45, 2.75) is 0 Å². The van der Waals surface area contributed by atoms with Crippen LogP contribution in [0.3, 0.4) is 0 Å². The number of hydrogen-bond donors (Lipinski definition) is 0. The van der Waals surface area contributed by atoms with Gasteiger partial charge in [-0.2, -0.15) is 0 Å². The fraction of sp³-hybridized carbons (Fsp3) is 0. The zero-order valence-corrected chi connectivity index (χ0v) is 8.79. The normalized spacial score (nSPS) is 2.00. The second-order valence-corrected chi connectivity index (χ2v) is 0.192. The SMILES string of the molecule is O=B[O-].O=B[O-].[Na+].[Na+]. The van der Waals surface area contributed by atoms with Crippen LogP contribution in [0.25, 0.3) is 0 Å². The summed E-state index contributed by atoms with van der Waals surface area (Å²) >= 11 is 0. The smallest absolute Gasteiger partial charge is 1.00 e. The first kappa shape index (κ1) is 22.8. The third kappa shape index (κ3) is 166. The van der Waals surface area contributed by atoms with Crippen molar-refractivity contribution < 1.29 is 78.6 Å². The molecule has 0 atom stereocenters. The van der Waals surface area contributed by atoms with Crippen LogP contribution in [-0.2, 0) is 9.41 Å². The summed E-state index contributed by atoms with van der Waals surface area (Å²) < 4.78 is 16.5. The van der Waals surface area contributed by atoms with Crippen LogP contribution in [0.4, 0.5) is 0 Å². The van der Waals surface area contributed by atoms with Crippen molar-refractivity contribution in [3.05, 3.63) is 0 Å². The molecule has 32 valence electrons. The molecule has 0 bridgehead atoms. The maximum Gasteiger partial charge on any atom is 1.00 e. The Hall–Kier alpha value is 1.33. The van der Waals surface area contributed by atoms with Gasteiger partial charge in [0.1, 0.15) is 0 Å². The molecular formula is B2Na2O4. The Kier molecular flexibility index (Phi) is 115. The van der Waals surface area contributed by atoms with E-state index in [0.717, 1.165) is 0 Å². The van der Waals surface area contributed by atoms with Gasteiger partial charge in [0.15, 0.2) is 0 Å². The minimum atomic E-state index is -0.500. The van der Waals surface area contributed by atoms with Crippen molar-refractivity contribution in [2.75, 3.05) is 0 Å². The van der Waals surface area contributed by atoms with E-state index in [2.05, 4.69) is 0 Å². The summed E-state index contributed by atoms with van der Waals surface area (Å²) in [5.41, 5.74) is 0. The van der Waals surface area contributed by atoms with Gasteiger partial charge < -0.3 is 0 Å². The van der Waals surface area contributed by atoms with E-state index in [9.17, 15) is 0 Å². The molecule has 0 N–H and O–H groups in total. The molecule has 0 aliphatic heterocycles. The maximum absolute atomic E-state index is 8.25. The molecule has 4 nitrogen and oxygen atoms in total. The summed E-state index contributed by atoms with van der Waals surface area (Å²) in [4.78, 5) is 0. The van der Waals surface area contributed by atoms with E-state index in [1.807, 2.05) is 0 Å². The molecule has 0 fully saturated rings. The first-order chi connectivity index (χ1) is 2.83. The van der Waals surface area contributed by atoms with Crippen LogP contribution in [-0.4, -0.2) is 14.7 Å². The van der Waals surface area contributed by atoms with Crippen LogP contribution < -0.4 is 69.2 Å². The second-order valence-electron chi connectivity index (χ2n) is 0.192. The first-order valence-corrected chi connectivity index (χ1v) is 0.943. The summed E-state index contributed by atoms with van der Waals surface area (Å²) in [5.74, 6) is 0. The average molecular weight is 132 g/mol. The Bertz CT molecular complexity index is 33.0. The Balaban J connectivity index is -0.0000000160. The Morgan fingerprint density at radius 3 is 0.875 bits per heavy atom. The summed E-state index contributed by atoms with van der Waals surface area (Å²) in [6.45, 7) is 0. The van der Waals surface area contributed by atoms with Crippen LogP contribution in [0, 0.1) is 0 Å². The van der Waals surface area contributed by atoms with E-state index in [1.54, 1.807) is 0 Å². The largest absolute Gasteiger partial charge is 1.00 e. The minimum absolute atomic E-state index is 0. The molecule has 0 amide bonds. The molecule has 0 aromatic carbocycles. The molecule has 0 aliphatic rings. The monoisotopic (exact) mass is 132 g/mol. The quantitative estimate of drug-likeness (QED) is 0.306.